The molecule has 4 aromatic rings. The number of hydrogen-bond acceptors (Lipinski definition) is 8. The standard InChI is InChI=1S/C22H24N8O/c1-3-10-22(11-14-29(22)16-8-12-23-13-9-16)26-21-24-15-19-20(25-21)30(28-27-19)17-4-6-18(31-2)7-5-17/h4-9,12-13,15H,3,10-11,14H2,1-2H3,(H,24,25,26). The lowest BCUT2D eigenvalue weighted by Crippen LogP contribution is -2.65. The molecule has 3 aromatic heterocycles. The minimum Gasteiger partial charge on any atom is -0.497 e. The third-order valence-electron chi connectivity index (χ3n) is 5.76. The van der Waals surface area contributed by atoms with Gasteiger partial charge in [0.05, 0.1) is 19.0 Å². The molecule has 1 saturated heterocycles. The number of nitrogens with one attached hydrogen (secondary N) is 1. The Morgan fingerprint density at radius 2 is 1.90 bits per heavy atom. The van der Waals surface area contributed by atoms with E-state index in [2.05, 4.69) is 37.4 Å². The van der Waals surface area contributed by atoms with E-state index < -0.39 is 0 Å². The summed E-state index contributed by atoms with van der Waals surface area (Å²) in [4.78, 5) is 15.8. The number of ether oxygens (including phenoxy) is 1. The normalized spacial score (nSPS) is 18.1. The van der Waals surface area contributed by atoms with Gasteiger partial charge in [0, 0.05) is 31.0 Å². The topological polar surface area (TPSA) is 93.9 Å². The van der Waals surface area contributed by atoms with Crippen molar-refractivity contribution in [3.8, 4) is 11.4 Å². The van der Waals surface area contributed by atoms with Crippen LogP contribution in [0.1, 0.15) is 26.2 Å². The zero-order chi connectivity index (χ0) is 21.3. The summed E-state index contributed by atoms with van der Waals surface area (Å²) in [7, 11) is 1.65. The molecule has 1 atom stereocenters. The van der Waals surface area contributed by atoms with Crippen LogP contribution in [0.15, 0.2) is 55.0 Å². The molecule has 5 rings (SSSR count). The molecule has 158 valence electrons. The van der Waals surface area contributed by atoms with Crippen LogP contribution in [0.3, 0.4) is 0 Å². The molecule has 9 nitrogen and oxygen atoms in total. The van der Waals surface area contributed by atoms with Crippen LogP contribution in [0.4, 0.5) is 11.6 Å². The number of fused-ring (bicyclic) bond motifs is 1. The Morgan fingerprint density at radius 1 is 1.10 bits per heavy atom. The van der Waals surface area contributed by atoms with Crippen molar-refractivity contribution in [2.75, 3.05) is 23.9 Å². The Labute approximate surface area is 180 Å². The number of rotatable bonds is 7. The first-order chi connectivity index (χ1) is 15.2. The van der Waals surface area contributed by atoms with Crippen molar-refractivity contribution >= 4 is 22.8 Å². The Kier molecular flexibility index (Phi) is 4.85. The lowest BCUT2D eigenvalue weighted by atomic mass is 9.88. The van der Waals surface area contributed by atoms with E-state index in [4.69, 9.17) is 9.72 Å². The van der Waals surface area contributed by atoms with E-state index in [0.717, 1.165) is 42.9 Å². The van der Waals surface area contributed by atoms with Crippen LogP contribution in [-0.2, 0) is 0 Å². The number of pyridine rings is 1. The van der Waals surface area contributed by atoms with Crippen LogP contribution in [0.25, 0.3) is 16.9 Å². The van der Waals surface area contributed by atoms with Gasteiger partial charge >= 0.3 is 0 Å². The molecule has 0 radical (unpaired) electrons. The first-order valence-corrected chi connectivity index (χ1v) is 10.4. The maximum atomic E-state index is 5.25. The summed E-state index contributed by atoms with van der Waals surface area (Å²) in [6.45, 7) is 3.17. The minimum atomic E-state index is -0.220. The van der Waals surface area contributed by atoms with Crippen molar-refractivity contribution in [2.45, 2.75) is 31.8 Å². The molecule has 0 bridgehead atoms. The molecule has 0 saturated carbocycles. The number of anilines is 2. The van der Waals surface area contributed by atoms with Crippen LogP contribution in [-0.4, -0.2) is 49.3 Å². The van der Waals surface area contributed by atoms with Crippen molar-refractivity contribution in [1.82, 2.24) is 29.9 Å². The molecule has 9 heteroatoms. The maximum absolute atomic E-state index is 5.25. The van der Waals surface area contributed by atoms with Gasteiger partial charge in [-0.1, -0.05) is 18.6 Å². The van der Waals surface area contributed by atoms with Gasteiger partial charge in [0.1, 0.15) is 11.4 Å². The molecule has 0 amide bonds. The van der Waals surface area contributed by atoms with Crippen molar-refractivity contribution in [2.24, 2.45) is 0 Å². The van der Waals surface area contributed by atoms with E-state index in [1.165, 1.54) is 0 Å². The first-order valence-electron chi connectivity index (χ1n) is 10.4. The molecule has 1 aromatic carbocycles. The van der Waals surface area contributed by atoms with E-state index >= 15 is 0 Å². The number of methoxy groups -OCH3 is 1. The molecule has 1 N–H and O–H groups in total. The summed E-state index contributed by atoms with van der Waals surface area (Å²) in [6.07, 6.45) is 8.40. The number of benzene rings is 1. The SMILES string of the molecule is CCCC1(Nc2ncc3nnn(-c4ccc(OC)cc4)c3n2)CCN1c1ccncc1. The van der Waals surface area contributed by atoms with Gasteiger partial charge in [0.25, 0.3) is 0 Å². The Morgan fingerprint density at radius 3 is 2.58 bits per heavy atom. The van der Waals surface area contributed by atoms with Crippen molar-refractivity contribution in [1.29, 1.82) is 0 Å². The summed E-state index contributed by atoms with van der Waals surface area (Å²) < 4.78 is 6.96. The van der Waals surface area contributed by atoms with Crippen LogP contribution in [0.5, 0.6) is 5.75 Å². The van der Waals surface area contributed by atoms with Crippen LogP contribution < -0.4 is 15.0 Å². The molecule has 1 unspecified atom stereocenters. The first kappa shape index (κ1) is 19.2. The highest BCUT2D eigenvalue weighted by Crippen LogP contribution is 2.39. The third-order valence-corrected chi connectivity index (χ3v) is 5.76. The zero-order valence-electron chi connectivity index (χ0n) is 17.6. The van der Waals surface area contributed by atoms with E-state index in [9.17, 15) is 0 Å². The van der Waals surface area contributed by atoms with Gasteiger partial charge in [-0.05, 0) is 42.8 Å². The highest BCUT2D eigenvalue weighted by atomic mass is 16.5. The van der Waals surface area contributed by atoms with Gasteiger partial charge in [-0.3, -0.25) is 4.98 Å². The quantitative estimate of drug-likeness (QED) is 0.490. The second kappa shape index (κ2) is 7.82. The van der Waals surface area contributed by atoms with Gasteiger partial charge in [0.2, 0.25) is 5.95 Å². The summed E-state index contributed by atoms with van der Waals surface area (Å²) in [6, 6.07) is 11.7. The molecule has 1 aliphatic rings. The van der Waals surface area contributed by atoms with Gasteiger partial charge < -0.3 is 15.0 Å². The average molecular weight is 416 g/mol. The van der Waals surface area contributed by atoms with E-state index in [0.29, 0.717) is 17.1 Å². The summed E-state index contributed by atoms with van der Waals surface area (Å²) in [5.41, 5.74) is 3.09. The summed E-state index contributed by atoms with van der Waals surface area (Å²) >= 11 is 0. The highest BCUT2D eigenvalue weighted by Gasteiger charge is 2.44. The fourth-order valence-electron chi connectivity index (χ4n) is 4.15. The molecule has 1 fully saturated rings. The van der Waals surface area contributed by atoms with Crippen LogP contribution >= 0.6 is 0 Å². The summed E-state index contributed by atoms with van der Waals surface area (Å²) in [5, 5.41) is 12.1. The van der Waals surface area contributed by atoms with E-state index in [1.807, 2.05) is 48.8 Å². The maximum Gasteiger partial charge on any atom is 0.226 e. The molecular formula is C22H24N8O. The zero-order valence-corrected chi connectivity index (χ0v) is 17.6. The van der Waals surface area contributed by atoms with Crippen molar-refractivity contribution in [3.63, 3.8) is 0 Å². The Bertz CT molecular complexity index is 1180. The third kappa shape index (κ3) is 3.41. The van der Waals surface area contributed by atoms with Crippen LogP contribution in [0.2, 0.25) is 0 Å². The Balaban J connectivity index is 1.48. The molecule has 1 aliphatic heterocycles. The average Bonchev–Trinajstić information content (AvgIpc) is 3.22. The molecule has 4 heterocycles. The van der Waals surface area contributed by atoms with Gasteiger partial charge in [0.15, 0.2) is 11.2 Å². The van der Waals surface area contributed by atoms with Crippen LogP contribution in [0, 0.1) is 0 Å². The van der Waals surface area contributed by atoms with Crippen molar-refractivity contribution < 1.29 is 4.74 Å². The largest absolute Gasteiger partial charge is 0.497 e. The fraction of sp³-hybridized carbons (Fsp3) is 0.318. The monoisotopic (exact) mass is 416 g/mol. The second-order valence-electron chi connectivity index (χ2n) is 7.62. The smallest absolute Gasteiger partial charge is 0.226 e. The Hall–Kier alpha value is -3.75. The van der Waals surface area contributed by atoms with Crippen molar-refractivity contribution in [3.05, 3.63) is 55.0 Å². The second-order valence-corrected chi connectivity index (χ2v) is 7.62. The number of hydrogen-bond donors (Lipinski definition) is 1. The lowest BCUT2D eigenvalue weighted by molar-refractivity contribution is 0.289. The molecule has 0 aliphatic carbocycles. The van der Waals surface area contributed by atoms with E-state index in [1.54, 1.807) is 18.0 Å². The fourth-order valence-corrected chi connectivity index (χ4v) is 4.15. The predicted molar refractivity (Wildman–Crippen MR) is 118 cm³/mol. The van der Waals surface area contributed by atoms with Gasteiger partial charge in [-0.2, -0.15) is 9.67 Å². The minimum absolute atomic E-state index is 0.220. The highest BCUT2D eigenvalue weighted by molar-refractivity contribution is 5.72. The molecule has 31 heavy (non-hydrogen) atoms. The molecule has 0 spiro atoms. The van der Waals surface area contributed by atoms with Gasteiger partial charge in [-0.25, -0.2) is 4.98 Å². The lowest BCUT2D eigenvalue weighted by Gasteiger charge is -2.54. The van der Waals surface area contributed by atoms with Gasteiger partial charge in [-0.15, -0.1) is 5.10 Å². The van der Waals surface area contributed by atoms with E-state index in [-0.39, 0.29) is 5.66 Å². The molecular weight excluding hydrogens is 392 g/mol. The number of nitrogens with zero attached hydrogens (tertiary/aromatic N) is 7. The summed E-state index contributed by atoms with van der Waals surface area (Å²) in [5.74, 6) is 1.35. The predicted octanol–water partition coefficient (Wildman–Crippen LogP) is 3.43. The number of aromatic nitrogens is 6.